The minimum absolute atomic E-state index is 0.0666. The van der Waals surface area contributed by atoms with Crippen molar-refractivity contribution in [1.29, 1.82) is 0 Å². The maximum absolute atomic E-state index is 12.4. The van der Waals surface area contributed by atoms with Gasteiger partial charge < -0.3 is 19.5 Å². The Balaban J connectivity index is 1.95. The third-order valence-electron chi connectivity index (χ3n) is 3.61. The Kier molecular flexibility index (Phi) is 6.89. The molecule has 9 nitrogen and oxygen atoms in total. The van der Waals surface area contributed by atoms with Gasteiger partial charge in [-0.1, -0.05) is 0 Å². The first-order chi connectivity index (χ1) is 13.0. The molecule has 2 N–H and O–H groups in total. The molecule has 0 saturated heterocycles. The van der Waals surface area contributed by atoms with Crippen molar-refractivity contribution in [1.82, 2.24) is 10.0 Å². The molecule has 1 heterocycles. The normalized spacial score (nSPS) is 15.3. The molecule has 10 heteroatoms. The van der Waals surface area contributed by atoms with Gasteiger partial charge in [0.15, 0.2) is 17.6 Å². The van der Waals surface area contributed by atoms with Crippen LogP contribution in [0.4, 0.5) is 0 Å². The van der Waals surface area contributed by atoms with Crippen LogP contribution in [0.1, 0.15) is 34.1 Å². The molecule has 1 aliphatic heterocycles. The monoisotopic (exact) mass is 414 g/mol. The van der Waals surface area contributed by atoms with E-state index in [1.165, 1.54) is 25.1 Å². The third-order valence-corrected chi connectivity index (χ3v) is 5.01. The molecule has 1 aromatic rings. The Morgan fingerprint density at radius 1 is 1.18 bits per heavy atom. The zero-order valence-corrected chi connectivity index (χ0v) is 17.2. The first-order valence-electron chi connectivity index (χ1n) is 8.89. The maximum Gasteiger partial charge on any atom is 0.321 e. The predicted octanol–water partition coefficient (Wildman–Crippen LogP) is 0.973. The van der Waals surface area contributed by atoms with Crippen molar-refractivity contribution in [2.24, 2.45) is 0 Å². The van der Waals surface area contributed by atoms with Gasteiger partial charge in [0.1, 0.15) is 6.54 Å². The average molecular weight is 414 g/mol. The number of benzene rings is 1. The molecule has 0 aliphatic carbocycles. The number of sulfonamides is 1. The van der Waals surface area contributed by atoms with Gasteiger partial charge in [0.25, 0.3) is 5.91 Å². The Hall–Kier alpha value is -2.33. The summed E-state index contributed by atoms with van der Waals surface area (Å²) >= 11 is 0. The lowest BCUT2D eigenvalue weighted by molar-refractivity contribution is -0.154. The molecule has 0 spiro atoms. The molecule has 0 aromatic heterocycles. The summed E-state index contributed by atoms with van der Waals surface area (Å²) in [5, 5.41) is 2.68. The van der Waals surface area contributed by atoms with Crippen LogP contribution in [-0.4, -0.2) is 51.7 Å². The van der Waals surface area contributed by atoms with Crippen molar-refractivity contribution in [3.05, 3.63) is 18.2 Å². The lowest BCUT2D eigenvalue weighted by Crippen LogP contribution is -2.46. The van der Waals surface area contributed by atoms with Crippen LogP contribution in [0.15, 0.2) is 23.1 Å². The Bertz CT molecular complexity index is 831. The van der Waals surface area contributed by atoms with E-state index < -0.39 is 40.1 Å². The zero-order chi connectivity index (χ0) is 20.9. The second-order valence-corrected chi connectivity index (χ2v) is 9.12. The topological polar surface area (TPSA) is 120 Å². The van der Waals surface area contributed by atoms with Crippen LogP contribution in [0.5, 0.6) is 11.5 Å². The largest absolute Gasteiger partial charge is 0.490 e. The van der Waals surface area contributed by atoms with E-state index in [2.05, 4.69) is 10.0 Å². The van der Waals surface area contributed by atoms with E-state index in [0.29, 0.717) is 31.1 Å². The van der Waals surface area contributed by atoms with Crippen LogP contribution < -0.4 is 19.5 Å². The summed E-state index contributed by atoms with van der Waals surface area (Å²) in [6.45, 7) is 7.10. The number of carbonyl (C=O) groups excluding carboxylic acids is 2. The number of fused-ring (bicyclic) bond motifs is 1. The van der Waals surface area contributed by atoms with E-state index in [4.69, 9.17) is 14.2 Å². The highest BCUT2D eigenvalue weighted by Crippen LogP contribution is 2.31. The summed E-state index contributed by atoms with van der Waals surface area (Å²) < 4.78 is 42.9. The van der Waals surface area contributed by atoms with Crippen LogP contribution in [0.25, 0.3) is 0 Å². The summed E-state index contributed by atoms with van der Waals surface area (Å²) in [6.07, 6.45) is -0.351. The van der Waals surface area contributed by atoms with Gasteiger partial charge in [-0.2, -0.15) is 4.72 Å². The summed E-state index contributed by atoms with van der Waals surface area (Å²) in [6, 6.07) is 4.21. The van der Waals surface area contributed by atoms with Gasteiger partial charge in [-0.05, 0) is 39.8 Å². The summed E-state index contributed by atoms with van der Waals surface area (Å²) in [4.78, 5) is 23.8. The molecular formula is C18H26N2O7S. The molecular weight excluding hydrogens is 388 g/mol. The molecule has 156 valence electrons. The van der Waals surface area contributed by atoms with Gasteiger partial charge in [-0.15, -0.1) is 0 Å². The number of rotatable bonds is 6. The van der Waals surface area contributed by atoms with E-state index in [1.807, 2.05) is 0 Å². The highest BCUT2D eigenvalue weighted by molar-refractivity contribution is 7.89. The third kappa shape index (κ3) is 6.38. The van der Waals surface area contributed by atoms with Crippen LogP contribution >= 0.6 is 0 Å². The fourth-order valence-corrected chi connectivity index (χ4v) is 3.30. The van der Waals surface area contributed by atoms with Gasteiger partial charge in [0.05, 0.1) is 18.1 Å². The van der Waals surface area contributed by atoms with E-state index in [0.717, 1.165) is 0 Å². The fourth-order valence-electron chi connectivity index (χ4n) is 2.31. The second kappa shape index (κ2) is 8.78. The molecule has 0 radical (unpaired) electrons. The first kappa shape index (κ1) is 22.0. The highest BCUT2D eigenvalue weighted by Gasteiger charge is 2.24. The van der Waals surface area contributed by atoms with Crippen molar-refractivity contribution in [3.63, 3.8) is 0 Å². The van der Waals surface area contributed by atoms with Crippen LogP contribution in [0, 0.1) is 0 Å². The average Bonchev–Trinajstić information content (AvgIpc) is 2.83. The van der Waals surface area contributed by atoms with Crippen molar-refractivity contribution in [3.8, 4) is 11.5 Å². The highest BCUT2D eigenvalue weighted by atomic mass is 32.2. The van der Waals surface area contributed by atoms with Crippen LogP contribution in [-0.2, 0) is 24.3 Å². The molecule has 1 atom stereocenters. The van der Waals surface area contributed by atoms with Crippen molar-refractivity contribution in [2.45, 2.75) is 50.7 Å². The van der Waals surface area contributed by atoms with E-state index in [1.54, 1.807) is 20.8 Å². The minimum atomic E-state index is -3.97. The Labute approximate surface area is 164 Å². The minimum Gasteiger partial charge on any atom is -0.490 e. The quantitative estimate of drug-likeness (QED) is 0.666. The molecule has 1 aromatic carbocycles. The predicted molar refractivity (Wildman–Crippen MR) is 101 cm³/mol. The SMILES string of the molecule is CC(OC(=O)CNS(=O)(=O)c1ccc2c(c1)OCCCO2)C(=O)NC(C)(C)C. The zero-order valence-electron chi connectivity index (χ0n) is 16.4. The second-order valence-electron chi connectivity index (χ2n) is 7.35. The van der Waals surface area contributed by atoms with E-state index in [9.17, 15) is 18.0 Å². The number of hydrogen-bond acceptors (Lipinski definition) is 7. The van der Waals surface area contributed by atoms with Gasteiger partial charge in [-0.25, -0.2) is 8.42 Å². The molecule has 0 fully saturated rings. The maximum atomic E-state index is 12.4. The number of amides is 1. The molecule has 0 bridgehead atoms. The molecule has 1 amide bonds. The van der Waals surface area contributed by atoms with Gasteiger partial charge >= 0.3 is 5.97 Å². The summed E-state index contributed by atoms with van der Waals surface area (Å²) in [7, 11) is -3.97. The molecule has 1 unspecified atom stereocenters. The summed E-state index contributed by atoms with van der Waals surface area (Å²) in [5.41, 5.74) is -0.476. The van der Waals surface area contributed by atoms with Crippen molar-refractivity contribution < 1.29 is 32.2 Å². The Morgan fingerprint density at radius 3 is 2.46 bits per heavy atom. The molecule has 2 rings (SSSR count). The standard InChI is InChI=1S/C18H26N2O7S/c1-12(17(22)20-18(2,3)4)27-16(21)11-19-28(23,24)13-6-7-14-15(10-13)26-9-5-8-25-14/h6-7,10,12,19H,5,8-9,11H2,1-4H3,(H,20,22). The number of hydrogen-bond donors (Lipinski definition) is 2. The number of carbonyl (C=O) groups is 2. The van der Waals surface area contributed by atoms with Crippen LogP contribution in [0.3, 0.4) is 0 Å². The van der Waals surface area contributed by atoms with Gasteiger partial charge in [-0.3, -0.25) is 9.59 Å². The summed E-state index contributed by atoms with van der Waals surface area (Å²) in [5.74, 6) is -0.536. The lowest BCUT2D eigenvalue weighted by Gasteiger charge is -2.23. The van der Waals surface area contributed by atoms with Gasteiger partial charge in [0, 0.05) is 18.0 Å². The fraction of sp³-hybridized carbons (Fsp3) is 0.556. The number of nitrogens with one attached hydrogen (secondary N) is 2. The molecule has 28 heavy (non-hydrogen) atoms. The first-order valence-corrected chi connectivity index (χ1v) is 10.4. The lowest BCUT2D eigenvalue weighted by atomic mass is 10.1. The Morgan fingerprint density at radius 2 is 1.82 bits per heavy atom. The number of esters is 1. The van der Waals surface area contributed by atoms with Gasteiger partial charge in [0.2, 0.25) is 10.0 Å². The van der Waals surface area contributed by atoms with E-state index in [-0.39, 0.29) is 4.90 Å². The van der Waals surface area contributed by atoms with Crippen LogP contribution in [0.2, 0.25) is 0 Å². The van der Waals surface area contributed by atoms with Crippen molar-refractivity contribution in [2.75, 3.05) is 19.8 Å². The molecule has 0 saturated carbocycles. The van der Waals surface area contributed by atoms with E-state index >= 15 is 0 Å². The molecule has 1 aliphatic rings. The smallest absolute Gasteiger partial charge is 0.321 e. The number of ether oxygens (including phenoxy) is 3. The van der Waals surface area contributed by atoms with Crippen molar-refractivity contribution >= 4 is 21.9 Å².